The van der Waals surface area contributed by atoms with E-state index in [0.717, 1.165) is 10.9 Å². The van der Waals surface area contributed by atoms with Crippen LogP contribution < -0.4 is 0 Å². The zero-order valence-electron chi connectivity index (χ0n) is 9.91. The monoisotopic (exact) mass is 382 g/mol. The van der Waals surface area contributed by atoms with E-state index in [0.29, 0.717) is 5.82 Å². The highest BCUT2D eigenvalue weighted by Gasteiger charge is 2.31. The van der Waals surface area contributed by atoms with Crippen molar-refractivity contribution in [2.75, 3.05) is 0 Å². The average molecular weight is 384 g/mol. The first-order valence-corrected chi connectivity index (χ1v) is 7.44. The second-order valence-corrected chi connectivity index (χ2v) is 7.38. The van der Waals surface area contributed by atoms with Crippen molar-refractivity contribution < 1.29 is 4.52 Å². The van der Waals surface area contributed by atoms with Crippen LogP contribution in [0.25, 0.3) is 0 Å². The largest absolute Gasteiger partial charge is 0.335 e. The summed E-state index contributed by atoms with van der Waals surface area (Å²) in [6.45, 7) is 2.00. The van der Waals surface area contributed by atoms with Gasteiger partial charge >= 0.3 is 0 Å². The van der Waals surface area contributed by atoms with Gasteiger partial charge in [-0.15, -0.1) is 0 Å². The lowest BCUT2D eigenvalue weighted by atomic mass is 10.0. The summed E-state index contributed by atoms with van der Waals surface area (Å²) in [6, 6.07) is 8.06. The van der Waals surface area contributed by atoms with Gasteiger partial charge in [0.05, 0.1) is 0 Å². The Kier molecular flexibility index (Phi) is 4.77. The summed E-state index contributed by atoms with van der Waals surface area (Å²) in [4.78, 5) is 4.11. The second-order valence-electron chi connectivity index (χ2n) is 4.19. The molecular formula is C12H10BrCl3N2O. The maximum Gasteiger partial charge on any atom is 0.278 e. The Morgan fingerprint density at radius 2 is 1.89 bits per heavy atom. The van der Waals surface area contributed by atoms with Crippen molar-refractivity contribution in [3.8, 4) is 0 Å². The molecule has 1 atom stereocenters. The third kappa shape index (κ3) is 4.09. The lowest BCUT2D eigenvalue weighted by molar-refractivity contribution is 0.374. The van der Waals surface area contributed by atoms with Crippen LogP contribution in [0.2, 0.25) is 0 Å². The highest BCUT2D eigenvalue weighted by Crippen LogP contribution is 2.37. The van der Waals surface area contributed by atoms with E-state index in [1.54, 1.807) is 0 Å². The first-order chi connectivity index (χ1) is 8.86. The van der Waals surface area contributed by atoms with Gasteiger partial charge in [0.25, 0.3) is 9.68 Å². The maximum atomic E-state index is 5.68. The summed E-state index contributed by atoms with van der Waals surface area (Å²) < 4.78 is 4.31. The molecule has 0 radical (unpaired) electrons. The van der Waals surface area contributed by atoms with Gasteiger partial charge in [0.2, 0.25) is 0 Å². The van der Waals surface area contributed by atoms with Crippen LogP contribution in [-0.2, 0) is 10.2 Å². The molecule has 0 aliphatic heterocycles. The van der Waals surface area contributed by atoms with Crippen molar-refractivity contribution in [2.24, 2.45) is 0 Å². The van der Waals surface area contributed by atoms with Crippen LogP contribution in [0, 0.1) is 0 Å². The molecule has 0 saturated carbocycles. The van der Waals surface area contributed by atoms with Crippen molar-refractivity contribution in [1.82, 2.24) is 10.1 Å². The lowest BCUT2D eigenvalue weighted by Gasteiger charge is -2.07. The SMILES string of the molecule is C[C@@H](Cc1ccc(Br)cc1)c1noc(C(Cl)(Cl)Cl)n1. The Morgan fingerprint density at radius 1 is 1.26 bits per heavy atom. The summed E-state index contributed by atoms with van der Waals surface area (Å²) in [6.07, 6.45) is 0.784. The lowest BCUT2D eigenvalue weighted by Crippen LogP contribution is -2.03. The molecule has 1 aromatic carbocycles. The van der Waals surface area contributed by atoms with Crippen LogP contribution in [0.5, 0.6) is 0 Å². The maximum absolute atomic E-state index is 5.68. The Morgan fingerprint density at radius 3 is 2.42 bits per heavy atom. The molecule has 0 unspecified atom stereocenters. The van der Waals surface area contributed by atoms with Gasteiger partial charge in [-0.1, -0.05) is 74.9 Å². The molecule has 19 heavy (non-hydrogen) atoms. The van der Waals surface area contributed by atoms with Crippen molar-refractivity contribution in [2.45, 2.75) is 23.1 Å². The van der Waals surface area contributed by atoms with Gasteiger partial charge in [0.1, 0.15) is 0 Å². The van der Waals surface area contributed by atoms with E-state index < -0.39 is 3.79 Å². The van der Waals surface area contributed by atoms with Gasteiger partial charge in [-0.2, -0.15) is 4.98 Å². The van der Waals surface area contributed by atoms with Gasteiger partial charge in [-0.25, -0.2) is 0 Å². The molecule has 1 aromatic heterocycles. The third-order valence-corrected chi connectivity index (χ3v) is 3.59. The van der Waals surface area contributed by atoms with Gasteiger partial charge in [0, 0.05) is 10.4 Å². The first kappa shape index (κ1) is 15.1. The van der Waals surface area contributed by atoms with E-state index >= 15 is 0 Å². The smallest absolute Gasteiger partial charge is 0.278 e. The molecule has 2 aromatic rings. The molecule has 2 rings (SSSR count). The highest BCUT2D eigenvalue weighted by molar-refractivity contribution is 9.10. The molecule has 0 bridgehead atoms. The Labute approximate surface area is 134 Å². The molecule has 0 aliphatic carbocycles. The van der Waals surface area contributed by atoms with Gasteiger partial charge in [-0.05, 0) is 24.1 Å². The number of alkyl halides is 3. The summed E-state index contributed by atoms with van der Waals surface area (Å²) >= 11 is 20.4. The molecule has 102 valence electrons. The summed E-state index contributed by atoms with van der Waals surface area (Å²) in [5, 5.41) is 3.85. The van der Waals surface area contributed by atoms with E-state index in [9.17, 15) is 0 Å². The van der Waals surface area contributed by atoms with Crippen LogP contribution in [-0.4, -0.2) is 10.1 Å². The Balaban J connectivity index is 2.09. The minimum Gasteiger partial charge on any atom is -0.335 e. The standard InChI is InChI=1S/C12H10BrCl3N2O/c1-7(6-8-2-4-9(13)5-3-8)10-17-11(19-18-10)12(14,15)16/h2-5,7H,6H2,1H3/t7-/m0/s1. The quantitative estimate of drug-likeness (QED) is 0.699. The molecule has 0 saturated heterocycles. The number of hydrogen-bond donors (Lipinski definition) is 0. The number of aromatic nitrogens is 2. The zero-order valence-corrected chi connectivity index (χ0v) is 13.8. The van der Waals surface area contributed by atoms with Crippen molar-refractivity contribution >= 4 is 50.7 Å². The molecule has 0 amide bonds. The summed E-state index contributed by atoms with van der Waals surface area (Å²) in [5.41, 5.74) is 1.18. The van der Waals surface area contributed by atoms with Crippen molar-refractivity contribution in [3.63, 3.8) is 0 Å². The predicted octanol–water partition coefficient (Wildman–Crippen LogP) is 5.01. The highest BCUT2D eigenvalue weighted by atomic mass is 79.9. The number of hydrogen-bond acceptors (Lipinski definition) is 3. The molecule has 0 fully saturated rings. The molecule has 7 heteroatoms. The first-order valence-electron chi connectivity index (χ1n) is 5.51. The fourth-order valence-corrected chi connectivity index (χ4v) is 2.11. The van der Waals surface area contributed by atoms with E-state index in [2.05, 4.69) is 26.1 Å². The van der Waals surface area contributed by atoms with Crippen molar-refractivity contribution in [3.05, 3.63) is 46.0 Å². The van der Waals surface area contributed by atoms with Crippen LogP contribution in [0.4, 0.5) is 0 Å². The average Bonchev–Trinajstić information content (AvgIpc) is 2.81. The zero-order chi connectivity index (χ0) is 14.0. The number of benzene rings is 1. The van der Waals surface area contributed by atoms with E-state index in [-0.39, 0.29) is 11.8 Å². The molecule has 0 spiro atoms. The minimum atomic E-state index is -1.68. The van der Waals surface area contributed by atoms with Crippen LogP contribution in [0.3, 0.4) is 0 Å². The fraction of sp³-hybridized carbons (Fsp3) is 0.333. The molecule has 0 aliphatic rings. The van der Waals surface area contributed by atoms with E-state index in [1.807, 2.05) is 31.2 Å². The normalized spacial score (nSPS) is 13.5. The fourth-order valence-electron chi connectivity index (χ4n) is 1.62. The predicted molar refractivity (Wildman–Crippen MR) is 79.8 cm³/mol. The number of rotatable bonds is 3. The molecular weight excluding hydrogens is 374 g/mol. The topological polar surface area (TPSA) is 38.9 Å². The molecule has 1 heterocycles. The van der Waals surface area contributed by atoms with Crippen LogP contribution in [0.15, 0.2) is 33.3 Å². The Bertz CT molecular complexity index is 551. The minimum absolute atomic E-state index is 0.00449. The van der Waals surface area contributed by atoms with Gasteiger partial charge < -0.3 is 4.52 Å². The van der Waals surface area contributed by atoms with Gasteiger partial charge in [0.15, 0.2) is 5.82 Å². The summed E-state index contributed by atoms with van der Waals surface area (Å²) in [7, 11) is 0. The second kappa shape index (κ2) is 6.00. The molecule has 0 N–H and O–H groups in total. The molecule has 3 nitrogen and oxygen atoms in total. The van der Waals surface area contributed by atoms with Crippen molar-refractivity contribution in [1.29, 1.82) is 0 Å². The number of halogens is 4. The van der Waals surface area contributed by atoms with E-state index in [1.165, 1.54) is 5.56 Å². The van der Waals surface area contributed by atoms with Crippen LogP contribution in [0.1, 0.15) is 30.1 Å². The van der Waals surface area contributed by atoms with E-state index in [4.69, 9.17) is 39.3 Å². The summed E-state index contributed by atoms with van der Waals surface area (Å²) in [5.74, 6) is 0.602. The van der Waals surface area contributed by atoms with Gasteiger partial charge in [-0.3, -0.25) is 0 Å². The number of nitrogens with zero attached hydrogens (tertiary/aromatic N) is 2. The third-order valence-electron chi connectivity index (χ3n) is 2.58. The Hall–Kier alpha value is -0.290. The van der Waals surface area contributed by atoms with Crippen LogP contribution >= 0.6 is 50.7 Å².